The van der Waals surface area contributed by atoms with Gasteiger partial charge in [-0.05, 0) is 30.3 Å². The van der Waals surface area contributed by atoms with Crippen LogP contribution in [0.2, 0.25) is 0 Å². The summed E-state index contributed by atoms with van der Waals surface area (Å²) in [5.74, 6) is 0. The van der Waals surface area contributed by atoms with Crippen LogP contribution in [0.5, 0.6) is 0 Å². The van der Waals surface area contributed by atoms with Crippen LogP contribution in [0.1, 0.15) is 0 Å². The van der Waals surface area contributed by atoms with E-state index in [9.17, 15) is 8.42 Å². The van der Waals surface area contributed by atoms with Crippen LogP contribution in [0.4, 0.5) is 5.69 Å². The molecular formula is C13H10BrN3O2S. The van der Waals surface area contributed by atoms with E-state index in [4.69, 9.17) is 0 Å². The molecule has 7 heteroatoms. The molecule has 2 heterocycles. The number of nitrogens with zero attached hydrogens (tertiary/aromatic N) is 1. The highest BCUT2D eigenvalue weighted by molar-refractivity contribution is 9.10. The average molecular weight is 352 g/mol. The molecule has 1 aromatic carbocycles. The first-order chi connectivity index (χ1) is 9.56. The van der Waals surface area contributed by atoms with Crippen molar-refractivity contribution in [1.29, 1.82) is 0 Å². The third-order valence-electron chi connectivity index (χ3n) is 2.82. The van der Waals surface area contributed by atoms with Gasteiger partial charge in [-0.2, -0.15) is 0 Å². The smallest absolute Gasteiger partial charge is 0.263 e. The minimum Gasteiger partial charge on any atom is -0.361 e. The highest BCUT2D eigenvalue weighted by Gasteiger charge is 2.16. The third-order valence-corrected chi connectivity index (χ3v) is 4.63. The van der Waals surface area contributed by atoms with Gasteiger partial charge in [-0.25, -0.2) is 8.42 Å². The van der Waals surface area contributed by atoms with Crippen molar-refractivity contribution < 1.29 is 8.42 Å². The topological polar surface area (TPSA) is 74.8 Å². The normalized spacial score (nSPS) is 11.7. The van der Waals surface area contributed by atoms with Crippen LogP contribution >= 0.6 is 15.9 Å². The summed E-state index contributed by atoms with van der Waals surface area (Å²) in [6, 6.07) is 8.52. The number of aromatic amines is 1. The minimum atomic E-state index is -3.65. The number of hydrogen-bond acceptors (Lipinski definition) is 3. The Balaban J connectivity index is 2.07. The highest BCUT2D eigenvalue weighted by Crippen LogP contribution is 2.29. The molecular weight excluding hydrogens is 342 g/mol. The van der Waals surface area contributed by atoms with Gasteiger partial charge < -0.3 is 4.98 Å². The Labute approximate surface area is 124 Å². The average Bonchev–Trinajstić information content (AvgIpc) is 2.87. The van der Waals surface area contributed by atoms with Gasteiger partial charge in [0.2, 0.25) is 0 Å². The molecule has 2 N–H and O–H groups in total. The molecule has 0 radical (unpaired) electrons. The van der Waals surface area contributed by atoms with Crippen molar-refractivity contribution in [1.82, 2.24) is 9.97 Å². The molecule has 0 fully saturated rings. The maximum atomic E-state index is 12.3. The van der Waals surface area contributed by atoms with Crippen molar-refractivity contribution in [2.24, 2.45) is 0 Å². The summed E-state index contributed by atoms with van der Waals surface area (Å²) < 4.78 is 28.0. The number of aromatic nitrogens is 2. The number of halogens is 1. The molecule has 5 nitrogen and oxygen atoms in total. The molecule has 0 saturated carbocycles. The summed E-state index contributed by atoms with van der Waals surface area (Å²) in [4.78, 5) is 7.01. The second kappa shape index (κ2) is 4.92. The number of pyridine rings is 1. The van der Waals surface area contributed by atoms with Crippen LogP contribution in [0, 0.1) is 0 Å². The van der Waals surface area contributed by atoms with Gasteiger partial charge in [0.05, 0.1) is 5.69 Å². The van der Waals surface area contributed by atoms with E-state index < -0.39 is 10.0 Å². The lowest BCUT2D eigenvalue weighted by Gasteiger charge is -2.09. The van der Waals surface area contributed by atoms with Gasteiger partial charge in [0.1, 0.15) is 4.90 Å². The molecule has 0 spiro atoms. The summed E-state index contributed by atoms with van der Waals surface area (Å²) in [7, 11) is -3.65. The predicted octanol–water partition coefficient (Wildman–Crippen LogP) is 3.13. The second-order valence-electron chi connectivity index (χ2n) is 4.19. The van der Waals surface area contributed by atoms with Gasteiger partial charge in [0.15, 0.2) is 0 Å². The molecule has 0 aliphatic carbocycles. The van der Waals surface area contributed by atoms with E-state index >= 15 is 0 Å². The monoisotopic (exact) mass is 351 g/mol. The summed E-state index contributed by atoms with van der Waals surface area (Å²) in [6.07, 6.45) is 4.61. The van der Waals surface area contributed by atoms with E-state index in [2.05, 4.69) is 30.6 Å². The molecule has 0 atom stereocenters. The van der Waals surface area contributed by atoms with Crippen LogP contribution in [0.3, 0.4) is 0 Å². The predicted molar refractivity (Wildman–Crippen MR) is 81.0 cm³/mol. The second-order valence-corrected chi connectivity index (χ2v) is 6.78. The Kier molecular flexibility index (Phi) is 3.23. The quantitative estimate of drug-likeness (QED) is 0.761. The molecule has 2 aromatic heterocycles. The lowest BCUT2D eigenvalue weighted by Crippen LogP contribution is -2.13. The van der Waals surface area contributed by atoms with Gasteiger partial charge in [0.25, 0.3) is 10.0 Å². The van der Waals surface area contributed by atoms with Crippen molar-refractivity contribution in [3.63, 3.8) is 0 Å². The first-order valence-corrected chi connectivity index (χ1v) is 8.03. The molecule has 0 aliphatic rings. The van der Waals surface area contributed by atoms with Gasteiger partial charge in [0, 0.05) is 34.0 Å². The van der Waals surface area contributed by atoms with Crippen LogP contribution in [-0.2, 0) is 10.0 Å². The summed E-state index contributed by atoms with van der Waals surface area (Å²) in [5, 5.41) is 0.806. The zero-order valence-electron chi connectivity index (χ0n) is 10.2. The van der Waals surface area contributed by atoms with Crippen molar-refractivity contribution in [2.45, 2.75) is 4.90 Å². The number of sulfonamides is 1. The van der Waals surface area contributed by atoms with Gasteiger partial charge in [-0.15, -0.1) is 0 Å². The summed E-state index contributed by atoms with van der Waals surface area (Å²) >= 11 is 3.36. The number of fused-ring (bicyclic) bond motifs is 1. The molecule has 3 rings (SSSR count). The molecule has 3 aromatic rings. The lowest BCUT2D eigenvalue weighted by atomic mass is 10.2. The zero-order chi connectivity index (χ0) is 14.2. The largest absolute Gasteiger partial charge is 0.361 e. The van der Waals surface area contributed by atoms with E-state index in [1.54, 1.807) is 18.3 Å². The van der Waals surface area contributed by atoms with E-state index in [1.807, 2.05) is 12.1 Å². The number of hydrogen-bond donors (Lipinski definition) is 2. The number of benzene rings is 1. The van der Waals surface area contributed by atoms with Crippen molar-refractivity contribution in [2.75, 3.05) is 4.72 Å². The van der Waals surface area contributed by atoms with E-state index in [1.165, 1.54) is 18.5 Å². The first kappa shape index (κ1) is 13.1. The Morgan fingerprint density at radius 2 is 2.10 bits per heavy atom. The fourth-order valence-electron chi connectivity index (χ4n) is 1.93. The van der Waals surface area contributed by atoms with E-state index in [0.29, 0.717) is 5.69 Å². The molecule has 102 valence electrons. The number of nitrogens with one attached hydrogen (secondary N) is 2. The Morgan fingerprint density at radius 3 is 2.85 bits per heavy atom. The fraction of sp³-hybridized carbons (Fsp3) is 0. The lowest BCUT2D eigenvalue weighted by molar-refractivity contribution is 0.601. The third kappa shape index (κ3) is 2.41. The van der Waals surface area contributed by atoms with Crippen molar-refractivity contribution in [3.8, 4) is 0 Å². The maximum Gasteiger partial charge on any atom is 0.263 e. The van der Waals surface area contributed by atoms with Crippen LogP contribution in [0.25, 0.3) is 10.9 Å². The van der Waals surface area contributed by atoms with Gasteiger partial charge >= 0.3 is 0 Å². The molecule has 0 bridgehead atoms. The summed E-state index contributed by atoms with van der Waals surface area (Å²) in [6.45, 7) is 0. The molecule has 0 unspecified atom stereocenters. The SMILES string of the molecule is O=S(=O)(Nc1cc(Br)cc2[nH]ccc12)c1cccnc1. The number of H-pyrrole nitrogens is 1. The van der Waals surface area contributed by atoms with Crippen molar-refractivity contribution >= 4 is 42.5 Å². The standard InChI is InChI=1S/C13H10BrN3O2S/c14-9-6-12-11(3-5-16-12)13(7-9)17-20(18,19)10-2-1-4-15-8-10/h1-8,16-17H. The minimum absolute atomic E-state index is 0.128. The molecule has 0 saturated heterocycles. The van der Waals surface area contributed by atoms with E-state index in [-0.39, 0.29) is 4.90 Å². The van der Waals surface area contributed by atoms with Crippen molar-refractivity contribution in [3.05, 3.63) is 53.4 Å². The highest BCUT2D eigenvalue weighted by atomic mass is 79.9. The molecule has 0 amide bonds. The molecule has 20 heavy (non-hydrogen) atoms. The van der Waals surface area contributed by atoms with Crippen LogP contribution in [0.15, 0.2) is 58.3 Å². The van der Waals surface area contributed by atoms with Crippen LogP contribution < -0.4 is 4.72 Å². The Morgan fingerprint density at radius 1 is 1.25 bits per heavy atom. The summed E-state index contributed by atoms with van der Waals surface area (Å²) in [5.41, 5.74) is 1.36. The number of anilines is 1. The maximum absolute atomic E-state index is 12.3. The van der Waals surface area contributed by atoms with Crippen LogP contribution in [-0.4, -0.2) is 18.4 Å². The Bertz CT molecular complexity index is 860. The van der Waals surface area contributed by atoms with Gasteiger partial charge in [-0.3, -0.25) is 9.71 Å². The number of rotatable bonds is 3. The zero-order valence-corrected chi connectivity index (χ0v) is 12.6. The van der Waals surface area contributed by atoms with E-state index in [0.717, 1.165) is 15.4 Å². The molecule has 0 aliphatic heterocycles. The van der Waals surface area contributed by atoms with Gasteiger partial charge in [-0.1, -0.05) is 15.9 Å². The fourth-order valence-corrected chi connectivity index (χ4v) is 3.42. The first-order valence-electron chi connectivity index (χ1n) is 5.76. The Hall–Kier alpha value is -1.86.